The lowest BCUT2D eigenvalue weighted by Gasteiger charge is -2.33. The van der Waals surface area contributed by atoms with Crippen LogP contribution < -0.4 is 5.56 Å². The van der Waals surface area contributed by atoms with Crippen molar-refractivity contribution in [3.8, 4) is 5.88 Å². The van der Waals surface area contributed by atoms with E-state index in [4.69, 9.17) is 12.2 Å². The summed E-state index contributed by atoms with van der Waals surface area (Å²) in [6, 6.07) is 4.09. The molecule has 8 heteroatoms. The van der Waals surface area contributed by atoms with Gasteiger partial charge in [0.25, 0.3) is 5.56 Å². The monoisotopic (exact) mass is 439 g/mol. The molecule has 1 atom stereocenters. The highest BCUT2D eigenvalue weighted by molar-refractivity contribution is 7.71. The van der Waals surface area contributed by atoms with Crippen LogP contribution in [0.15, 0.2) is 46.1 Å². The highest BCUT2D eigenvalue weighted by Gasteiger charge is 2.23. The number of hydrogen-bond acceptors (Lipinski definition) is 6. The second kappa shape index (κ2) is 10.0. The smallest absolute Gasteiger partial charge is 0.264 e. The number of rotatable bonds is 6. The number of H-pyrrole nitrogens is 1. The van der Waals surface area contributed by atoms with Crippen LogP contribution in [0.3, 0.4) is 0 Å². The average molecular weight is 440 g/mol. The Hall–Kier alpha value is -2.74. The maximum Gasteiger partial charge on any atom is 0.264 e. The van der Waals surface area contributed by atoms with Crippen LogP contribution in [-0.4, -0.2) is 37.4 Å². The zero-order valence-electron chi connectivity index (χ0n) is 17.7. The van der Waals surface area contributed by atoms with Crippen LogP contribution in [0.1, 0.15) is 68.5 Å². The minimum Gasteiger partial charge on any atom is -0.494 e. The molecule has 3 heterocycles. The van der Waals surface area contributed by atoms with Gasteiger partial charge in [0.2, 0.25) is 5.88 Å². The number of aromatic amines is 1. The van der Waals surface area contributed by atoms with Crippen LogP contribution in [-0.2, 0) is 6.54 Å². The van der Waals surface area contributed by atoms with Gasteiger partial charge in [-0.15, -0.1) is 0 Å². The third-order valence-electron chi connectivity index (χ3n) is 6.13. The zero-order valence-corrected chi connectivity index (χ0v) is 18.5. The molecule has 1 fully saturated rings. The van der Waals surface area contributed by atoms with Crippen LogP contribution in [0.2, 0.25) is 0 Å². The van der Waals surface area contributed by atoms with E-state index in [-0.39, 0.29) is 22.3 Å². The van der Waals surface area contributed by atoms with Crippen molar-refractivity contribution in [2.75, 3.05) is 6.54 Å². The van der Waals surface area contributed by atoms with Crippen LogP contribution in [0.5, 0.6) is 5.88 Å². The Morgan fingerprint density at radius 3 is 3.00 bits per heavy atom. The molecule has 31 heavy (non-hydrogen) atoms. The molecule has 0 spiro atoms. The van der Waals surface area contributed by atoms with E-state index in [2.05, 4.69) is 27.2 Å². The Bertz CT molecular complexity index is 1070. The molecular formula is C23H29N5O2S. The molecular weight excluding hydrogens is 410 g/mol. The minimum absolute atomic E-state index is 0.114. The molecule has 2 aliphatic rings. The molecule has 7 nitrogen and oxygen atoms in total. The summed E-state index contributed by atoms with van der Waals surface area (Å²) in [7, 11) is 0. The van der Waals surface area contributed by atoms with Crippen molar-refractivity contribution < 1.29 is 5.11 Å². The fourth-order valence-electron chi connectivity index (χ4n) is 4.38. The number of hydrogen-bond donors (Lipinski definition) is 2. The average Bonchev–Trinajstić information content (AvgIpc) is 2.80. The second-order valence-corrected chi connectivity index (χ2v) is 8.60. The number of piperidine rings is 1. The van der Waals surface area contributed by atoms with Gasteiger partial charge < -0.3 is 5.11 Å². The van der Waals surface area contributed by atoms with Crippen molar-refractivity contribution in [1.29, 1.82) is 0 Å². The molecule has 0 aromatic carbocycles. The van der Waals surface area contributed by atoms with E-state index in [9.17, 15) is 9.90 Å². The molecule has 1 saturated heterocycles. The van der Waals surface area contributed by atoms with Crippen molar-refractivity contribution in [3.63, 3.8) is 0 Å². The summed E-state index contributed by atoms with van der Waals surface area (Å²) in [5, 5.41) is 17.4. The van der Waals surface area contributed by atoms with Crippen LogP contribution in [0, 0.1) is 4.77 Å². The summed E-state index contributed by atoms with van der Waals surface area (Å²) in [4.78, 5) is 19.4. The van der Waals surface area contributed by atoms with Gasteiger partial charge in [-0.1, -0.05) is 17.7 Å². The van der Waals surface area contributed by atoms with Gasteiger partial charge in [0.05, 0.1) is 12.3 Å². The first-order valence-electron chi connectivity index (χ1n) is 11.1. The number of aromatic nitrogens is 3. The number of pyridine rings is 1. The van der Waals surface area contributed by atoms with E-state index < -0.39 is 5.56 Å². The molecule has 2 N–H and O–H groups in total. The maximum absolute atomic E-state index is 12.5. The van der Waals surface area contributed by atoms with Gasteiger partial charge in [-0.3, -0.25) is 24.3 Å². The lowest BCUT2D eigenvalue weighted by molar-refractivity contribution is 0.156. The van der Waals surface area contributed by atoms with Gasteiger partial charge in [-0.2, -0.15) is 5.10 Å². The maximum atomic E-state index is 12.5. The summed E-state index contributed by atoms with van der Waals surface area (Å²) < 4.78 is 1.84. The highest BCUT2D eigenvalue weighted by atomic mass is 32.1. The first-order chi connectivity index (χ1) is 15.1. The van der Waals surface area contributed by atoms with E-state index in [1.807, 2.05) is 17.3 Å². The summed E-state index contributed by atoms with van der Waals surface area (Å²) >= 11 is 5.31. The normalized spacial score (nSPS) is 19.5. The van der Waals surface area contributed by atoms with Crippen molar-refractivity contribution in [2.24, 2.45) is 5.10 Å². The molecule has 4 rings (SSSR count). The summed E-state index contributed by atoms with van der Waals surface area (Å²) in [5.41, 5.74) is 2.21. The molecule has 0 bridgehead atoms. The predicted molar refractivity (Wildman–Crippen MR) is 124 cm³/mol. The van der Waals surface area contributed by atoms with Gasteiger partial charge in [0.15, 0.2) is 4.77 Å². The molecule has 0 radical (unpaired) electrons. The first-order valence-corrected chi connectivity index (χ1v) is 11.5. The lowest BCUT2D eigenvalue weighted by Crippen LogP contribution is -2.29. The molecule has 0 unspecified atom stereocenters. The SMILES string of the molecule is O=c1[nH]c(=S)n(CCC2=CCCCC2)c(O)c1/C=N/N1CCCC[C@H]1c1cccnc1. The topological polar surface area (TPSA) is 86.5 Å². The van der Waals surface area contributed by atoms with Gasteiger partial charge in [-0.05, 0) is 75.2 Å². The summed E-state index contributed by atoms with van der Waals surface area (Å²) in [5.74, 6) is -0.121. The molecule has 1 aliphatic heterocycles. The molecule has 2 aromatic rings. The zero-order chi connectivity index (χ0) is 21.6. The van der Waals surface area contributed by atoms with Crippen LogP contribution in [0.25, 0.3) is 0 Å². The Morgan fingerprint density at radius 2 is 2.23 bits per heavy atom. The van der Waals surface area contributed by atoms with Gasteiger partial charge >= 0.3 is 0 Å². The Kier molecular flexibility index (Phi) is 6.96. The summed E-state index contributed by atoms with van der Waals surface area (Å²) in [6.45, 7) is 1.33. The summed E-state index contributed by atoms with van der Waals surface area (Å²) in [6.07, 6.45) is 16.0. The molecule has 164 valence electrons. The van der Waals surface area contributed by atoms with Gasteiger partial charge in [0.1, 0.15) is 5.56 Å². The van der Waals surface area contributed by atoms with Crippen LogP contribution >= 0.6 is 12.2 Å². The van der Waals surface area contributed by atoms with E-state index in [0.29, 0.717) is 6.54 Å². The van der Waals surface area contributed by atoms with Gasteiger partial charge in [-0.25, -0.2) is 0 Å². The third-order valence-corrected chi connectivity index (χ3v) is 6.45. The predicted octanol–water partition coefficient (Wildman–Crippen LogP) is 4.46. The number of nitrogens with zero attached hydrogens (tertiary/aromatic N) is 4. The quantitative estimate of drug-likeness (QED) is 0.394. The van der Waals surface area contributed by atoms with Crippen LogP contribution in [0.4, 0.5) is 0 Å². The van der Waals surface area contributed by atoms with Crippen molar-refractivity contribution in [3.05, 3.63) is 62.4 Å². The molecule has 0 amide bonds. The van der Waals surface area contributed by atoms with Crippen molar-refractivity contribution >= 4 is 18.4 Å². The Balaban J connectivity index is 1.57. The number of allylic oxidation sites excluding steroid dienone is 2. The first kappa shape index (κ1) is 21.5. The van der Waals surface area contributed by atoms with E-state index in [1.165, 1.54) is 24.6 Å². The van der Waals surface area contributed by atoms with E-state index in [1.54, 1.807) is 10.8 Å². The van der Waals surface area contributed by atoms with E-state index in [0.717, 1.165) is 50.6 Å². The lowest BCUT2D eigenvalue weighted by atomic mass is 9.97. The highest BCUT2D eigenvalue weighted by Crippen LogP contribution is 2.30. The standard InChI is InChI=1S/C23H29N5O2S/c29-21-19(16-25-28-13-5-4-10-20(28)18-9-6-12-24-15-18)22(30)27(23(31)26-21)14-11-17-7-2-1-3-8-17/h6-7,9,12,15-16,20,30H,1-5,8,10-11,13-14H2,(H,26,29,31)/b25-16+/t20-/m0/s1. The third kappa shape index (κ3) is 5.12. The number of hydrazone groups is 1. The Morgan fingerprint density at radius 1 is 1.32 bits per heavy atom. The van der Waals surface area contributed by atoms with Crippen molar-refractivity contribution in [2.45, 2.75) is 64.0 Å². The number of nitrogens with one attached hydrogen (secondary N) is 1. The largest absolute Gasteiger partial charge is 0.494 e. The van der Waals surface area contributed by atoms with Gasteiger partial charge in [0, 0.05) is 25.5 Å². The molecule has 1 aliphatic carbocycles. The fraction of sp³-hybridized carbons (Fsp3) is 0.478. The molecule has 0 saturated carbocycles. The number of aromatic hydroxyl groups is 1. The second-order valence-electron chi connectivity index (χ2n) is 8.21. The molecule has 2 aromatic heterocycles. The van der Waals surface area contributed by atoms with Crippen molar-refractivity contribution in [1.82, 2.24) is 19.5 Å². The Labute approximate surface area is 187 Å². The minimum atomic E-state index is -0.422. The van der Waals surface area contributed by atoms with E-state index >= 15 is 0 Å². The fourth-order valence-corrected chi connectivity index (χ4v) is 4.65.